The minimum Gasteiger partial charge on any atom is -0.383 e. The highest BCUT2D eigenvalue weighted by Gasteiger charge is 2.23. The zero-order valence-electron chi connectivity index (χ0n) is 17.7. The van der Waals surface area contributed by atoms with Crippen LogP contribution in [0.3, 0.4) is 0 Å². The lowest BCUT2D eigenvalue weighted by Crippen LogP contribution is -2.46. The summed E-state index contributed by atoms with van der Waals surface area (Å²) in [6, 6.07) is 6.14. The Balaban J connectivity index is 1.19. The first-order valence-electron chi connectivity index (χ1n) is 11.1. The topological polar surface area (TPSA) is 71.2 Å². The number of fused-ring (bicyclic) bond motifs is 3. The van der Waals surface area contributed by atoms with Crippen LogP contribution >= 0.6 is 11.3 Å². The Morgan fingerprint density at radius 3 is 2.77 bits per heavy atom. The second-order valence-electron chi connectivity index (χ2n) is 8.75. The Kier molecular flexibility index (Phi) is 5.67. The van der Waals surface area contributed by atoms with Gasteiger partial charge in [0.25, 0.3) is 0 Å². The Morgan fingerprint density at radius 2 is 1.97 bits per heavy atom. The molecule has 0 radical (unpaired) electrons. The first kappa shape index (κ1) is 19.8. The molecule has 1 unspecified atom stereocenters. The molecule has 30 heavy (non-hydrogen) atoms. The number of hydrogen-bond donors (Lipinski definition) is 1. The van der Waals surface area contributed by atoms with Crippen LogP contribution in [0.25, 0.3) is 10.2 Å². The average Bonchev–Trinajstić information content (AvgIpc) is 3.12. The van der Waals surface area contributed by atoms with E-state index in [0.29, 0.717) is 5.82 Å². The third kappa shape index (κ3) is 4.19. The Morgan fingerprint density at radius 1 is 1.13 bits per heavy atom. The van der Waals surface area contributed by atoms with Crippen LogP contribution in [0.4, 0.5) is 5.82 Å². The molecule has 7 heteroatoms. The molecule has 1 saturated heterocycles. The van der Waals surface area contributed by atoms with Crippen molar-refractivity contribution in [1.82, 2.24) is 24.8 Å². The lowest BCUT2D eigenvalue weighted by atomic mass is 9.89. The number of nitrogen functional groups attached to an aromatic ring is 1. The van der Waals surface area contributed by atoms with E-state index in [9.17, 15) is 0 Å². The first-order chi connectivity index (χ1) is 14.7. The highest BCUT2D eigenvalue weighted by Crippen LogP contribution is 2.39. The van der Waals surface area contributed by atoms with Crippen LogP contribution in [0.5, 0.6) is 0 Å². The van der Waals surface area contributed by atoms with Gasteiger partial charge in [0.05, 0.1) is 11.1 Å². The van der Waals surface area contributed by atoms with Crippen molar-refractivity contribution in [3.05, 3.63) is 46.4 Å². The van der Waals surface area contributed by atoms with E-state index in [-0.39, 0.29) is 0 Å². The number of piperazine rings is 1. The van der Waals surface area contributed by atoms with Crippen molar-refractivity contribution in [2.24, 2.45) is 5.92 Å². The summed E-state index contributed by atoms with van der Waals surface area (Å²) in [7, 11) is 0. The van der Waals surface area contributed by atoms with Gasteiger partial charge in [-0.1, -0.05) is 13.0 Å². The lowest BCUT2D eigenvalue weighted by molar-refractivity contribution is 0.127. The highest BCUT2D eigenvalue weighted by atomic mass is 32.1. The zero-order chi connectivity index (χ0) is 20.5. The predicted octanol–water partition coefficient (Wildman–Crippen LogP) is 3.15. The average molecular weight is 423 g/mol. The van der Waals surface area contributed by atoms with Gasteiger partial charge in [0, 0.05) is 56.8 Å². The number of rotatable bonds is 5. The molecular formula is C23H30N6S. The van der Waals surface area contributed by atoms with Gasteiger partial charge in [0.15, 0.2) is 0 Å². The van der Waals surface area contributed by atoms with Gasteiger partial charge in [-0.3, -0.25) is 9.88 Å². The maximum atomic E-state index is 6.39. The summed E-state index contributed by atoms with van der Waals surface area (Å²) in [5, 5.41) is 1.13. The number of nitrogens with zero attached hydrogens (tertiary/aromatic N) is 5. The monoisotopic (exact) mass is 422 g/mol. The van der Waals surface area contributed by atoms with Gasteiger partial charge in [-0.25, -0.2) is 9.97 Å². The van der Waals surface area contributed by atoms with Crippen LogP contribution < -0.4 is 5.73 Å². The minimum atomic E-state index is 0.683. The van der Waals surface area contributed by atoms with Crippen LogP contribution in [0.2, 0.25) is 0 Å². The van der Waals surface area contributed by atoms with Crippen LogP contribution in [0.1, 0.15) is 35.3 Å². The summed E-state index contributed by atoms with van der Waals surface area (Å²) >= 11 is 1.84. The number of anilines is 1. The molecule has 1 aliphatic carbocycles. The van der Waals surface area contributed by atoms with E-state index >= 15 is 0 Å². The summed E-state index contributed by atoms with van der Waals surface area (Å²) in [5.41, 5.74) is 8.96. The molecule has 0 aromatic carbocycles. The van der Waals surface area contributed by atoms with Gasteiger partial charge in [-0.15, -0.1) is 11.3 Å². The molecule has 158 valence electrons. The van der Waals surface area contributed by atoms with Crippen molar-refractivity contribution >= 4 is 27.4 Å². The van der Waals surface area contributed by atoms with Crippen molar-refractivity contribution in [3.8, 4) is 0 Å². The second kappa shape index (κ2) is 8.57. The molecule has 4 heterocycles. The van der Waals surface area contributed by atoms with Crippen molar-refractivity contribution in [1.29, 1.82) is 0 Å². The van der Waals surface area contributed by atoms with Crippen molar-refractivity contribution in [3.63, 3.8) is 0 Å². The third-order valence-corrected chi connectivity index (χ3v) is 7.61. The molecule has 0 amide bonds. The molecule has 3 aromatic heterocycles. The largest absolute Gasteiger partial charge is 0.383 e. The van der Waals surface area contributed by atoms with E-state index in [1.807, 2.05) is 23.6 Å². The quantitative estimate of drug-likeness (QED) is 0.681. The van der Waals surface area contributed by atoms with E-state index in [1.54, 1.807) is 0 Å². The van der Waals surface area contributed by atoms with E-state index in [1.165, 1.54) is 16.9 Å². The molecule has 1 atom stereocenters. The van der Waals surface area contributed by atoms with Gasteiger partial charge < -0.3 is 10.6 Å². The summed E-state index contributed by atoms with van der Waals surface area (Å²) in [4.78, 5) is 21.6. The van der Waals surface area contributed by atoms with Gasteiger partial charge in [-0.05, 0) is 42.9 Å². The number of aryl methyl sites for hydroxylation is 1. The number of hydrogen-bond acceptors (Lipinski definition) is 7. The fourth-order valence-corrected chi connectivity index (χ4v) is 6.09. The zero-order valence-corrected chi connectivity index (χ0v) is 18.5. The Bertz CT molecular complexity index is 1010. The SMILES string of the molecule is CC1CCc2c(sc3nc(CCN4CCN(Cc5ccccn5)CC4)nc(N)c23)C1. The van der Waals surface area contributed by atoms with Crippen LogP contribution in [0, 0.1) is 5.92 Å². The molecule has 0 spiro atoms. The van der Waals surface area contributed by atoms with E-state index < -0.39 is 0 Å². The summed E-state index contributed by atoms with van der Waals surface area (Å²) in [6.45, 7) is 8.58. The maximum absolute atomic E-state index is 6.39. The number of aromatic nitrogens is 3. The maximum Gasteiger partial charge on any atom is 0.136 e. The Labute approximate surface area is 182 Å². The molecule has 6 nitrogen and oxygen atoms in total. The van der Waals surface area contributed by atoms with E-state index in [0.717, 1.165) is 86.2 Å². The smallest absolute Gasteiger partial charge is 0.136 e. The number of thiophene rings is 1. The molecule has 0 saturated carbocycles. The van der Waals surface area contributed by atoms with Crippen molar-refractivity contribution in [2.75, 3.05) is 38.5 Å². The molecule has 2 aliphatic rings. The normalized spacial score (nSPS) is 20.5. The predicted molar refractivity (Wildman–Crippen MR) is 123 cm³/mol. The fourth-order valence-electron chi connectivity index (χ4n) is 4.68. The van der Waals surface area contributed by atoms with Gasteiger partial charge in [0.2, 0.25) is 0 Å². The standard InChI is InChI=1S/C23H30N6S/c1-16-5-6-18-19(14-16)30-23-21(18)22(24)26-20(27-23)7-9-28-10-12-29(13-11-28)15-17-4-2-3-8-25-17/h2-4,8,16H,5-7,9-15H2,1H3,(H2,24,26,27). The molecule has 1 fully saturated rings. The fraction of sp³-hybridized carbons (Fsp3) is 0.522. The molecule has 5 rings (SSSR count). The van der Waals surface area contributed by atoms with Crippen LogP contribution in [-0.2, 0) is 25.8 Å². The molecule has 1 aliphatic heterocycles. The van der Waals surface area contributed by atoms with Gasteiger partial charge >= 0.3 is 0 Å². The Hall–Kier alpha value is -2.09. The van der Waals surface area contributed by atoms with E-state index in [2.05, 4.69) is 38.8 Å². The van der Waals surface area contributed by atoms with Crippen molar-refractivity contribution < 1.29 is 0 Å². The number of nitrogens with two attached hydrogens (primary N) is 1. The summed E-state index contributed by atoms with van der Waals surface area (Å²) in [5.74, 6) is 2.33. The van der Waals surface area contributed by atoms with Crippen molar-refractivity contribution in [2.45, 2.75) is 39.2 Å². The minimum absolute atomic E-state index is 0.683. The lowest BCUT2D eigenvalue weighted by Gasteiger charge is -2.34. The molecule has 0 bridgehead atoms. The molecule has 2 N–H and O–H groups in total. The third-order valence-electron chi connectivity index (χ3n) is 6.46. The van der Waals surface area contributed by atoms with Crippen LogP contribution in [-0.4, -0.2) is 57.5 Å². The summed E-state index contributed by atoms with van der Waals surface area (Å²) in [6.07, 6.45) is 6.25. The summed E-state index contributed by atoms with van der Waals surface area (Å²) < 4.78 is 0. The van der Waals surface area contributed by atoms with Crippen LogP contribution in [0.15, 0.2) is 24.4 Å². The van der Waals surface area contributed by atoms with Gasteiger partial charge in [0.1, 0.15) is 16.5 Å². The van der Waals surface area contributed by atoms with Gasteiger partial charge in [-0.2, -0.15) is 0 Å². The molecule has 3 aromatic rings. The molecular weight excluding hydrogens is 392 g/mol. The second-order valence-corrected chi connectivity index (χ2v) is 9.83. The number of pyridine rings is 1. The highest BCUT2D eigenvalue weighted by molar-refractivity contribution is 7.19. The van der Waals surface area contributed by atoms with E-state index in [4.69, 9.17) is 10.7 Å². The first-order valence-corrected chi connectivity index (χ1v) is 11.9.